The number of nitrogens with one attached hydrogen (secondary N) is 1. The Kier molecular flexibility index (Phi) is 4.42. The van der Waals surface area contributed by atoms with Gasteiger partial charge in [0.05, 0.1) is 19.2 Å². The number of benzene rings is 2. The van der Waals surface area contributed by atoms with Crippen LogP contribution in [0.3, 0.4) is 0 Å². The average Bonchev–Trinajstić information content (AvgIpc) is 2.55. The molecule has 0 atom stereocenters. The van der Waals surface area contributed by atoms with Gasteiger partial charge in [-0.05, 0) is 54.5 Å². The number of methoxy groups -OCH3 is 1. The van der Waals surface area contributed by atoms with Gasteiger partial charge < -0.3 is 10.1 Å². The van der Waals surface area contributed by atoms with Crippen molar-refractivity contribution in [3.63, 3.8) is 0 Å². The van der Waals surface area contributed by atoms with E-state index in [-0.39, 0.29) is 5.91 Å². The number of aryl methyl sites for hydroxylation is 2. The van der Waals surface area contributed by atoms with Crippen molar-refractivity contribution in [1.82, 2.24) is 0 Å². The second-order valence-corrected chi connectivity index (χ2v) is 5.74. The molecule has 1 aliphatic rings. The third-order valence-corrected chi connectivity index (χ3v) is 4.16. The first-order chi connectivity index (χ1) is 10.8. The average molecular weight is 295 g/mol. The molecule has 0 saturated heterocycles. The summed E-state index contributed by atoms with van der Waals surface area (Å²) in [6.07, 6.45) is 5.23. The van der Waals surface area contributed by atoms with E-state index in [9.17, 15) is 4.79 Å². The number of ether oxygens (including phenoxy) is 1. The molecule has 114 valence electrons. The number of fused-ring (bicyclic) bond motifs is 1. The number of carbonyl (C=O) groups excluding carboxylic acids is 1. The fraction of sp³-hybridized carbons (Fsp3) is 0.316. The number of hydrogen-bond acceptors (Lipinski definition) is 2. The molecule has 0 bridgehead atoms. The van der Waals surface area contributed by atoms with E-state index in [0.29, 0.717) is 17.9 Å². The molecule has 1 aliphatic carbocycles. The van der Waals surface area contributed by atoms with E-state index >= 15 is 0 Å². The first kappa shape index (κ1) is 14.6. The lowest BCUT2D eigenvalue weighted by Gasteiger charge is -2.16. The Balaban J connectivity index is 1.69. The van der Waals surface area contributed by atoms with Crippen LogP contribution < -0.4 is 10.1 Å². The lowest BCUT2D eigenvalue weighted by molar-refractivity contribution is -0.115. The maximum absolute atomic E-state index is 12.3. The van der Waals surface area contributed by atoms with Gasteiger partial charge in [0, 0.05) is 0 Å². The molecule has 1 amide bonds. The molecule has 3 heteroatoms. The van der Waals surface area contributed by atoms with E-state index in [4.69, 9.17) is 4.74 Å². The maximum atomic E-state index is 12.3. The SMILES string of the molecule is COc1ccccc1NC(=O)Cc1ccc2c(c1)CCCC2. The monoisotopic (exact) mass is 295 g/mol. The number of carbonyl (C=O) groups is 1. The summed E-state index contributed by atoms with van der Waals surface area (Å²) in [7, 11) is 1.61. The van der Waals surface area contributed by atoms with Crippen LogP contribution in [0.4, 0.5) is 5.69 Å². The van der Waals surface area contributed by atoms with Gasteiger partial charge >= 0.3 is 0 Å². The van der Waals surface area contributed by atoms with Crippen molar-refractivity contribution in [3.05, 3.63) is 59.2 Å². The van der Waals surface area contributed by atoms with Crippen LogP contribution in [0.5, 0.6) is 5.75 Å². The summed E-state index contributed by atoms with van der Waals surface area (Å²) in [6.45, 7) is 0. The number of amides is 1. The second kappa shape index (κ2) is 6.65. The van der Waals surface area contributed by atoms with Crippen molar-refractivity contribution in [2.24, 2.45) is 0 Å². The molecule has 0 spiro atoms. The predicted octanol–water partition coefficient (Wildman–Crippen LogP) is 3.76. The van der Waals surface area contributed by atoms with Crippen molar-refractivity contribution >= 4 is 11.6 Å². The minimum Gasteiger partial charge on any atom is -0.495 e. The molecule has 1 N–H and O–H groups in total. The molecule has 0 aliphatic heterocycles. The van der Waals surface area contributed by atoms with Gasteiger partial charge in [-0.25, -0.2) is 0 Å². The normalized spacial score (nSPS) is 13.3. The Hall–Kier alpha value is -2.29. The highest BCUT2D eigenvalue weighted by Crippen LogP contribution is 2.24. The van der Waals surface area contributed by atoms with E-state index in [0.717, 1.165) is 12.0 Å². The van der Waals surface area contributed by atoms with Gasteiger partial charge in [-0.1, -0.05) is 30.3 Å². The Morgan fingerprint density at radius 3 is 2.68 bits per heavy atom. The summed E-state index contributed by atoms with van der Waals surface area (Å²) < 4.78 is 5.26. The van der Waals surface area contributed by atoms with E-state index in [2.05, 4.69) is 23.5 Å². The van der Waals surface area contributed by atoms with E-state index in [1.165, 1.54) is 30.4 Å². The van der Waals surface area contributed by atoms with Crippen LogP contribution in [-0.4, -0.2) is 13.0 Å². The third-order valence-electron chi connectivity index (χ3n) is 4.16. The summed E-state index contributed by atoms with van der Waals surface area (Å²) in [5, 5.41) is 2.93. The Bertz CT molecular complexity index is 679. The van der Waals surface area contributed by atoms with E-state index in [1.807, 2.05) is 24.3 Å². The van der Waals surface area contributed by atoms with Crippen molar-refractivity contribution in [2.75, 3.05) is 12.4 Å². The fourth-order valence-corrected chi connectivity index (χ4v) is 3.02. The summed E-state index contributed by atoms with van der Waals surface area (Å²) >= 11 is 0. The van der Waals surface area contributed by atoms with E-state index < -0.39 is 0 Å². The minimum absolute atomic E-state index is 0.0136. The van der Waals surface area contributed by atoms with Crippen LogP contribution in [0.1, 0.15) is 29.5 Å². The van der Waals surface area contributed by atoms with Gasteiger partial charge in [0.15, 0.2) is 0 Å². The van der Waals surface area contributed by atoms with Crippen LogP contribution in [0, 0.1) is 0 Å². The molecule has 2 aromatic rings. The first-order valence-electron chi connectivity index (χ1n) is 7.80. The molecule has 0 saturated carbocycles. The van der Waals surface area contributed by atoms with Gasteiger partial charge in [0.1, 0.15) is 5.75 Å². The fourth-order valence-electron chi connectivity index (χ4n) is 3.02. The standard InChI is InChI=1S/C19H21NO2/c1-22-18-9-5-4-8-17(18)20-19(21)13-14-10-11-15-6-2-3-7-16(15)12-14/h4-5,8-12H,2-3,6-7,13H2,1H3,(H,20,21). The number of hydrogen-bond donors (Lipinski definition) is 1. The Morgan fingerprint density at radius 2 is 1.86 bits per heavy atom. The molecule has 0 heterocycles. The van der Waals surface area contributed by atoms with E-state index in [1.54, 1.807) is 7.11 Å². The van der Waals surface area contributed by atoms with Crippen LogP contribution in [-0.2, 0) is 24.1 Å². The molecule has 2 aromatic carbocycles. The van der Waals surface area contributed by atoms with Gasteiger partial charge in [0.25, 0.3) is 0 Å². The Morgan fingerprint density at radius 1 is 1.09 bits per heavy atom. The van der Waals surface area contributed by atoms with Crippen LogP contribution in [0.15, 0.2) is 42.5 Å². The minimum atomic E-state index is -0.0136. The largest absolute Gasteiger partial charge is 0.495 e. The van der Waals surface area contributed by atoms with Crippen LogP contribution in [0.2, 0.25) is 0 Å². The molecule has 0 unspecified atom stereocenters. The molecule has 0 radical (unpaired) electrons. The third kappa shape index (κ3) is 3.30. The van der Waals surface area contributed by atoms with Crippen LogP contribution in [0.25, 0.3) is 0 Å². The lowest BCUT2D eigenvalue weighted by atomic mass is 9.90. The maximum Gasteiger partial charge on any atom is 0.228 e. The molecular weight excluding hydrogens is 274 g/mol. The summed E-state index contributed by atoms with van der Waals surface area (Å²) in [5.74, 6) is 0.668. The van der Waals surface area contributed by atoms with Gasteiger partial charge in [-0.3, -0.25) is 4.79 Å². The summed E-state index contributed by atoms with van der Waals surface area (Å²) in [6, 6.07) is 13.9. The quantitative estimate of drug-likeness (QED) is 0.932. The van der Waals surface area contributed by atoms with Gasteiger partial charge in [-0.2, -0.15) is 0 Å². The molecule has 3 rings (SSSR count). The summed E-state index contributed by atoms with van der Waals surface area (Å²) in [4.78, 5) is 12.3. The van der Waals surface area contributed by atoms with Gasteiger partial charge in [0.2, 0.25) is 5.91 Å². The highest BCUT2D eigenvalue weighted by Gasteiger charge is 2.12. The molecular formula is C19H21NO2. The van der Waals surface area contributed by atoms with Crippen molar-refractivity contribution in [2.45, 2.75) is 32.1 Å². The lowest BCUT2D eigenvalue weighted by Crippen LogP contribution is -2.15. The second-order valence-electron chi connectivity index (χ2n) is 5.74. The predicted molar refractivity (Wildman–Crippen MR) is 88.4 cm³/mol. The van der Waals surface area contributed by atoms with Gasteiger partial charge in [-0.15, -0.1) is 0 Å². The van der Waals surface area contributed by atoms with Crippen molar-refractivity contribution < 1.29 is 9.53 Å². The number of rotatable bonds is 4. The summed E-state index contributed by atoms with van der Waals surface area (Å²) in [5.41, 5.74) is 4.65. The van der Waals surface area contributed by atoms with Crippen LogP contribution >= 0.6 is 0 Å². The zero-order valence-corrected chi connectivity index (χ0v) is 12.9. The number of anilines is 1. The molecule has 0 aromatic heterocycles. The smallest absolute Gasteiger partial charge is 0.228 e. The zero-order valence-electron chi connectivity index (χ0n) is 12.9. The highest BCUT2D eigenvalue weighted by molar-refractivity contribution is 5.93. The zero-order chi connectivity index (χ0) is 15.4. The van der Waals surface area contributed by atoms with Crippen molar-refractivity contribution in [3.8, 4) is 5.75 Å². The van der Waals surface area contributed by atoms with Crippen molar-refractivity contribution in [1.29, 1.82) is 0 Å². The molecule has 22 heavy (non-hydrogen) atoms. The molecule has 3 nitrogen and oxygen atoms in total. The Labute approximate surface area is 131 Å². The highest BCUT2D eigenvalue weighted by atomic mass is 16.5. The first-order valence-corrected chi connectivity index (χ1v) is 7.80. The molecule has 0 fully saturated rings. The topological polar surface area (TPSA) is 38.3 Å². The number of para-hydroxylation sites is 2.